The summed E-state index contributed by atoms with van der Waals surface area (Å²) in [6, 6.07) is 7.85. The van der Waals surface area contributed by atoms with Crippen LogP contribution in [0.1, 0.15) is 55.4 Å². The van der Waals surface area contributed by atoms with E-state index in [4.69, 9.17) is 10.00 Å². The predicted molar refractivity (Wildman–Crippen MR) is 124 cm³/mol. The molecule has 0 saturated carbocycles. The highest BCUT2D eigenvalue weighted by Crippen LogP contribution is 2.35. The molecule has 1 saturated heterocycles. The summed E-state index contributed by atoms with van der Waals surface area (Å²) in [6.45, 7) is 6.53. The van der Waals surface area contributed by atoms with Crippen LogP contribution < -0.4 is 0 Å². The largest absolute Gasteiger partial charge is 0.457 e. The molecule has 5 rings (SSSR count). The molecule has 168 valence electrons. The van der Waals surface area contributed by atoms with Gasteiger partial charge in [-0.1, -0.05) is 6.07 Å². The maximum absolute atomic E-state index is 11.9. The van der Waals surface area contributed by atoms with E-state index in [2.05, 4.69) is 20.9 Å². The fourth-order valence-corrected chi connectivity index (χ4v) is 5.66. The number of nitrogens with zero attached hydrogens (tertiary/aromatic N) is 4. The highest BCUT2D eigenvalue weighted by molar-refractivity contribution is 7.14. The van der Waals surface area contributed by atoms with Crippen LogP contribution in [0.15, 0.2) is 30.6 Å². The number of aliphatic hydroxyl groups excluding tert-OH is 1. The summed E-state index contributed by atoms with van der Waals surface area (Å²) in [5.74, 6) is -0.284. The van der Waals surface area contributed by atoms with Crippen LogP contribution in [0.3, 0.4) is 0 Å². The summed E-state index contributed by atoms with van der Waals surface area (Å²) in [5, 5.41) is 20.7. The summed E-state index contributed by atoms with van der Waals surface area (Å²) in [6.07, 6.45) is 3.76. The number of carbonyl (C=O) groups excluding carboxylic acids is 1. The first-order valence-electron chi connectivity index (χ1n) is 11.0. The number of ether oxygens (including phenoxy) is 1. The van der Waals surface area contributed by atoms with Crippen LogP contribution in [0.4, 0.5) is 0 Å². The van der Waals surface area contributed by atoms with Crippen molar-refractivity contribution >= 4 is 17.3 Å². The quantitative estimate of drug-likeness (QED) is 0.593. The predicted octanol–water partition coefficient (Wildman–Crippen LogP) is 3.71. The Morgan fingerprint density at radius 3 is 2.94 bits per heavy atom. The zero-order valence-corrected chi connectivity index (χ0v) is 19.4. The SMILES string of the molecule is Cc1cc(-c2ncc(CN3CC[C@@H](O)[C@H](c4ccc5c(c4C)COC5=O)C3)s2)ncc1C#N. The summed E-state index contributed by atoms with van der Waals surface area (Å²) >= 11 is 1.60. The standard InChI is InChI=1S/C25H24N4O3S/c1-14-7-22(27-9-16(14)8-26)24-28-10-17(33-24)11-29-6-5-23(30)20(12-29)18-3-4-19-21(15(18)2)13-32-25(19)31/h3-4,7,9-10,20,23,30H,5-6,11-13H2,1-2H3/t20-,23+/m0/s1. The Balaban J connectivity index is 1.33. The van der Waals surface area contributed by atoms with Crippen molar-refractivity contribution in [3.8, 4) is 16.8 Å². The topological polar surface area (TPSA) is 99.3 Å². The molecule has 0 unspecified atom stereocenters. The van der Waals surface area contributed by atoms with Gasteiger partial charge in [-0.05, 0) is 49.1 Å². The Morgan fingerprint density at radius 1 is 1.30 bits per heavy atom. The van der Waals surface area contributed by atoms with Crippen molar-refractivity contribution < 1.29 is 14.6 Å². The number of piperidine rings is 1. The molecule has 0 spiro atoms. The minimum atomic E-state index is -0.418. The second-order valence-corrected chi connectivity index (χ2v) is 9.82. The third-order valence-corrected chi connectivity index (χ3v) is 7.66. The van der Waals surface area contributed by atoms with E-state index in [1.807, 2.05) is 38.2 Å². The van der Waals surface area contributed by atoms with Crippen LogP contribution in [0.5, 0.6) is 0 Å². The van der Waals surface area contributed by atoms with Crippen LogP contribution in [0, 0.1) is 25.2 Å². The van der Waals surface area contributed by atoms with Gasteiger partial charge in [-0.3, -0.25) is 9.88 Å². The van der Waals surface area contributed by atoms with Crippen LogP contribution in [0.25, 0.3) is 10.7 Å². The number of aliphatic hydroxyl groups is 1. The molecule has 1 N–H and O–H groups in total. The third-order valence-electron chi connectivity index (χ3n) is 6.65. The van der Waals surface area contributed by atoms with Crippen molar-refractivity contribution in [3.05, 3.63) is 68.9 Å². The first kappa shape index (κ1) is 21.7. The third kappa shape index (κ3) is 4.04. The van der Waals surface area contributed by atoms with Gasteiger partial charge in [0.15, 0.2) is 0 Å². The molecule has 1 fully saturated rings. The molecule has 8 heteroatoms. The number of nitriles is 1. The number of aryl methyl sites for hydroxylation is 1. The Labute approximate surface area is 196 Å². The number of benzene rings is 1. The molecule has 2 atom stereocenters. The summed E-state index contributed by atoms with van der Waals surface area (Å²) in [7, 11) is 0. The van der Waals surface area contributed by atoms with E-state index in [9.17, 15) is 9.90 Å². The molecule has 0 amide bonds. The van der Waals surface area contributed by atoms with Crippen LogP contribution in [0.2, 0.25) is 0 Å². The maximum Gasteiger partial charge on any atom is 0.338 e. The van der Waals surface area contributed by atoms with E-state index in [1.54, 1.807) is 17.5 Å². The van der Waals surface area contributed by atoms with Crippen LogP contribution in [-0.2, 0) is 17.9 Å². The smallest absolute Gasteiger partial charge is 0.338 e. The fourth-order valence-electron chi connectivity index (χ4n) is 4.74. The number of pyridine rings is 1. The van der Waals surface area contributed by atoms with Gasteiger partial charge in [0.25, 0.3) is 0 Å². The molecule has 2 aliphatic rings. The lowest BCUT2D eigenvalue weighted by molar-refractivity contribution is 0.0532. The fraction of sp³-hybridized carbons (Fsp3) is 0.360. The monoisotopic (exact) mass is 460 g/mol. The van der Waals surface area contributed by atoms with Crippen molar-refractivity contribution in [1.82, 2.24) is 14.9 Å². The molecule has 0 aliphatic carbocycles. The second-order valence-electron chi connectivity index (χ2n) is 8.71. The number of fused-ring (bicyclic) bond motifs is 1. The van der Waals surface area contributed by atoms with E-state index in [1.165, 1.54) is 0 Å². The minimum Gasteiger partial charge on any atom is -0.457 e. The van der Waals surface area contributed by atoms with E-state index >= 15 is 0 Å². The zero-order chi connectivity index (χ0) is 23.1. The number of likely N-dealkylation sites (tertiary alicyclic amines) is 1. The van der Waals surface area contributed by atoms with Gasteiger partial charge in [-0.25, -0.2) is 9.78 Å². The van der Waals surface area contributed by atoms with Gasteiger partial charge in [0.1, 0.15) is 17.7 Å². The van der Waals surface area contributed by atoms with Gasteiger partial charge in [-0.15, -0.1) is 11.3 Å². The van der Waals surface area contributed by atoms with Crippen molar-refractivity contribution in [2.24, 2.45) is 0 Å². The van der Waals surface area contributed by atoms with Gasteiger partial charge < -0.3 is 9.84 Å². The van der Waals surface area contributed by atoms with Crippen LogP contribution in [-0.4, -0.2) is 45.1 Å². The van der Waals surface area contributed by atoms with Gasteiger partial charge in [0.2, 0.25) is 0 Å². The minimum absolute atomic E-state index is 0.0185. The van der Waals surface area contributed by atoms with E-state index in [0.717, 1.165) is 57.5 Å². The number of hydrogen-bond acceptors (Lipinski definition) is 8. The van der Waals surface area contributed by atoms with Crippen molar-refractivity contribution in [3.63, 3.8) is 0 Å². The molecular formula is C25H24N4O3S. The first-order chi connectivity index (χ1) is 15.9. The molecule has 0 bridgehead atoms. The molecule has 7 nitrogen and oxygen atoms in total. The molecule has 1 aromatic carbocycles. The second kappa shape index (κ2) is 8.67. The average molecular weight is 461 g/mol. The van der Waals surface area contributed by atoms with Crippen molar-refractivity contribution in [2.75, 3.05) is 13.1 Å². The molecule has 2 aliphatic heterocycles. The molecule has 33 heavy (non-hydrogen) atoms. The van der Waals surface area contributed by atoms with Gasteiger partial charge in [0, 0.05) is 48.4 Å². The number of aromatic nitrogens is 2. The average Bonchev–Trinajstić information content (AvgIpc) is 3.43. The Morgan fingerprint density at radius 2 is 2.15 bits per heavy atom. The highest BCUT2D eigenvalue weighted by atomic mass is 32.1. The zero-order valence-electron chi connectivity index (χ0n) is 18.5. The molecular weight excluding hydrogens is 436 g/mol. The normalized spacial score (nSPS) is 20.4. The number of rotatable bonds is 4. The Bertz CT molecular complexity index is 1280. The molecule has 2 aromatic heterocycles. The lowest BCUT2D eigenvalue weighted by atomic mass is 9.83. The Hall–Kier alpha value is -3.12. The molecule has 3 aromatic rings. The Kier molecular flexibility index (Phi) is 5.71. The summed E-state index contributed by atoms with van der Waals surface area (Å²) < 4.78 is 5.19. The highest BCUT2D eigenvalue weighted by Gasteiger charge is 2.33. The van der Waals surface area contributed by atoms with Gasteiger partial charge >= 0.3 is 5.97 Å². The lowest BCUT2D eigenvalue weighted by Crippen LogP contribution is -2.41. The number of thiazole rings is 1. The van der Waals surface area contributed by atoms with Gasteiger partial charge in [0.05, 0.1) is 22.9 Å². The van der Waals surface area contributed by atoms with E-state index < -0.39 is 6.10 Å². The molecule has 0 radical (unpaired) electrons. The van der Waals surface area contributed by atoms with Crippen LogP contribution >= 0.6 is 11.3 Å². The number of cyclic esters (lactones) is 1. The lowest BCUT2D eigenvalue weighted by Gasteiger charge is -2.37. The number of carbonyl (C=O) groups is 1. The first-order valence-corrected chi connectivity index (χ1v) is 11.8. The van der Waals surface area contributed by atoms with E-state index in [-0.39, 0.29) is 11.9 Å². The van der Waals surface area contributed by atoms with E-state index in [0.29, 0.717) is 24.2 Å². The van der Waals surface area contributed by atoms with Crippen molar-refractivity contribution in [1.29, 1.82) is 5.26 Å². The number of esters is 1. The summed E-state index contributed by atoms with van der Waals surface area (Å²) in [4.78, 5) is 24.3. The molecule has 4 heterocycles. The van der Waals surface area contributed by atoms with Crippen molar-refractivity contribution in [2.45, 2.75) is 45.4 Å². The van der Waals surface area contributed by atoms with Gasteiger partial charge in [-0.2, -0.15) is 5.26 Å². The maximum atomic E-state index is 11.9. The number of hydrogen-bond donors (Lipinski definition) is 1. The summed E-state index contributed by atoms with van der Waals surface area (Å²) in [5.41, 5.74) is 5.97.